The molecule has 0 fully saturated rings. The van der Waals surface area contributed by atoms with Crippen LogP contribution in [-0.4, -0.2) is 17.9 Å². The van der Waals surface area contributed by atoms with Crippen molar-refractivity contribution in [1.29, 1.82) is 0 Å². The maximum atomic E-state index is 12.7. The van der Waals surface area contributed by atoms with Gasteiger partial charge in [0.25, 0.3) is 5.91 Å². The van der Waals surface area contributed by atoms with Crippen LogP contribution in [0.2, 0.25) is 0 Å². The minimum atomic E-state index is -4.45. The van der Waals surface area contributed by atoms with Crippen LogP contribution >= 0.6 is 11.3 Å². The molecule has 21 heavy (non-hydrogen) atoms. The minimum Gasteiger partial charge on any atom is -0.337 e. The lowest BCUT2D eigenvalue weighted by molar-refractivity contribution is -0.137. The molecule has 0 radical (unpaired) electrons. The maximum absolute atomic E-state index is 12.7. The third-order valence-corrected chi connectivity index (χ3v) is 4.14. The number of aryl methyl sites for hydroxylation is 1. The molecule has 2 rings (SSSR count). The molecular weight excluding hydrogens is 299 g/mol. The van der Waals surface area contributed by atoms with E-state index in [1.54, 1.807) is 7.05 Å². The first kappa shape index (κ1) is 15.6. The number of hydrogen-bond acceptors (Lipinski definition) is 2. The van der Waals surface area contributed by atoms with Gasteiger partial charge in [0, 0.05) is 17.5 Å². The Morgan fingerprint density at radius 2 is 2.00 bits per heavy atom. The Kier molecular flexibility index (Phi) is 4.37. The van der Waals surface area contributed by atoms with Gasteiger partial charge in [-0.3, -0.25) is 4.79 Å². The van der Waals surface area contributed by atoms with Crippen LogP contribution in [0.3, 0.4) is 0 Å². The summed E-state index contributed by atoms with van der Waals surface area (Å²) in [5, 5.41) is 1.92. The smallest absolute Gasteiger partial charge is 0.337 e. The first-order chi connectivity index (χ1) is 9.79. The number of rotatable bonds is 3. The van der Waals surface area contributed by atoms with Gasteiger partial charge in [-0.05, 0) is 42.1 Å². The number of thiophene rings is 1. The summed E-state index contributed by atoms with van der Waals surface area (Å²) in [6, 6.07) is 6.44. The van der Waals surface area contributed by atoms with Gasteiger partial charge in [0.15, 0.2) is 0 Å². The number of nitrogens with zero attached hydrogens (tertiary/aromatic N) is 1. The van der Waals surface area contributed by atoms with Crippen LogP contribution in [0.5, 0.6) is 0 Å². The zero-order chi connectivity index (χ0) is 15.6. The van der Waals surface area contributed by atoms with E-state index in [4.69, 9.17) is 0 Å². The molecule has 2 aromatic rings. The van der Waals surface area contributed by atoms with Crippen LogP contribution in [-0.2, 0) is 12.7 Å². The van der Waals surface area contributed by atoms with Crippen molar-refractivity contribution in [2.45, 2.75) is 19.6 Å². The van der Waals surface area contributed by atoms with E-state index < -0.39 is 17.6 Å². The number of carbonyl (C=O) groups is 1. The van der Waals surface area contributed by atoms with Crippen LogP contribution in [0.4, 0.5) is 13.2 Å². The lowest BCUT2D eigenvalue weighted by atomic mass is 10.1. The fourth-order valence-corrected chi connectivity index (χ4v) is 2.86. The second-order valence-electron chi connectivity index (χ2n) is 4.77. The van der Waals surface area contributed by atoms with Crippen molar-refractivity contribution in [3.05, 3.63) is 57.3 Å². The van der Waals surface area contributed by atoms with Crippen molar-refractivity contribution < 1.29 is 18.0 Å². The van der Waals surface area contributed by atoms with Gasteiger partial charge in [0.2, 0.25) is 0 Å². The van der Waals surface area contributed by atoms with E-state index in [1.165, 1.54) is 28.4 Å². The van der Waals surface area contributed by atoms with Gasteiger partial charge in [0.1, 0.15) is 0 Å². The number of hydrogen-bond donors (Lipinski definition) is 0. The molecule has 6 heteroatoms. The predicted octanol–water partition coefficient (Wildman–Crippen LogP) is 4.35. The van der Waals surface area contributed by atoms with Gasteiger partial charge >= 0.3 is 6.18 Å². The molecule has 1 aromatic heterocycles. The molecule has 0 aliphatic rings. The second kappa shape index (κ2) is 5.89. The Morgan fingerprint density at radius 1 is 1.29 bits per heavy atom. The SMILES string of the molecule is Cc1ccsc1CN(C)C(=O)c1cccc(C(F)(F)F)c1. The monoisotopic (exact) mass is 313 g/mol. The summed E-state index contributed by atoms with van der Waals surface area (Å²) < 4.78 is 38.0. The molecule has 0 N–H and O–H groups in total. The van der Waals surface area contributed by atoms with Crippen molar-refractivity contribution in [1.82, 2.24) is 4.90 Å². The summed E-state index contributed by atoms with van der Waals surface area (Å²) in [6.45, 7) is 2.33. The molecule has 0 unspecified atom stereocenters. The molecule has 0 bridgehead atoms. The number of halogens is 3. The molecule has 0 spiro atoms. The summed E-state index contributed by atoms with van der Waals surface area (Å²) in [7, 11) is 1.59. The van der Waals surface area contributed by atoms with Crippen LogP contribution in [0, 0.1) is 6.92 Å². The summed E-state index contributed by atoms with van der Waals surface area (Å²) in [5.74, 6) is -0.422. The van der Waals surface area contributed by atoms with E-state index in [0.29, 0.717) is 6.54 Å². The topological polar surface area (TPSA) is 20.3 Å². The first-order valence-electron chi connectivity index (χ1n) is 6.24. The number of benzene rings is 1. The zero-order valence-electron chi connectivity index (χ0n) is 11.6. The van der Waals surface area contributed by atoms with Gasteiger partial charge in [-0.2, -0.15) is 13.2 Å². The third kappa shape index (κ3) is 3.64. The maximum Gasteiger partial charge on any atom is 0.416 e. The summed E-state index contributed by atoms with van der Waals surface area (Å²) >= 11 is 1.52. The average molecular weight is 313 g/mol. The summed E-state index contributed by atoms with van der Waals surface area (Å²) in [5.41, 5.74) is 0.305. The number of alkyl halides is 3. The third-order valence-electron chi connectivity index (χ3n) is 3.13. The quantitative estimate of drug-likeness (QED) is 0.825. The molecule has 0 atom stereocenters. The Labute approximate surface area is 124 Å². The van der Waals surface area contributed by atoms with Crippen LogP contribution in [0.1, 0.15) is 26.4 Å². The highest BCUT2D eigenvalue weighted by Gasteiger charge is 2.31. The van der Waals surface area contributed by atoms with Crippen LogP contribution < -0.4 is 0 Å². The van der Waals surface area contributed by atoms with Gasteiger partial charge in [0.05, 0.1) is 12.1 Å². The van der Waals surface area contributed by atoms with Crippen LogP contribution in [0.25, 0.3) is 0 Å². The highest BCUT2D eigenvalue weighted by molar-refractivity contribution is 7.10. The summed E-state index contributed by atoms with van der Waals surface area (Å²) in [6.07, 6.45) is -4.45. The second-order valence-corrected chi connectivity index (χ2v) is 5.77. The Morgan fingerprint density at radius 3 is 2.57 bits per heavy atom. The number of amides is 1. The zero-order valence-corrected chi connectivity index (χ0v) is 12.4. The lowest BCUT2D eigenvalue weighted by Crippen LogP contribution is -2.26. The van der Waals surface area contributed by atoms with Gasteiger partial charge in [-0.25, -0.2) is 0 Å². The molecule has 112 valence electrons. The number of carbonyl (C=O) groups excluding carboxylic acids is 1. The largest absolute Gasteiger partial charge is 0.416 e. The van der Waals surface area contributed by atoms with Gasteiger partial charge in [-0.15, -0.1) is 11.3 Å². The average Bonchev–Trinajstić information content (AvgIpc) is 2.82. The molecular formula is C15H14F3NOS. The molecule has 0 aliphatic heterocycles. The van der Waals surface area contributed by atoms with Crippen molar-refractivity contribution in [3.63, 3.8) is 0 Å². The predicted molar refractivity (Wildman–Crippen MR) is 76.3 cm³/mol. The van der Waals surface area contributed by atoms with Crippen molar-refractivity contribution in [2.75, 3.05) is 7.05 Å². The summed E-state index contributed by atoms with van der Waals surface area (Å²) in [4.78, 5) is 14.7. The molecule has 1 amide bonds. The first-order valence-corrected chi connectivity index (χ1v) is 7.12. The molecule has 0 aliphatic carbocycles. The molecule has 0 saturated heterocycles. The Balaban J connectivity index is 2.18. The van der Waals surface area contributed by atoms with E-state index in [2.05, 4.69) is 0 Å². The fourth-order valence-electron chi connectivity index (χ4n) is 1.90. The van der Waals surface area contributed by atoms with Crippen LogP contribution in [0.15, 0.2) is 35.7 Å². The van der Waals surface area contributed by atoms with Gasteiger partial charge in [-0.1, -0.05) is 6.07 Å². The fraction of sp³-hybridized carbons (Fsp3) is 0.267. The van der Waals surface area contributed by atoms with E-state index >= 15 is 0 Å². The molecule has 2 nitrogen and oxygen atoms in total. The lowest BCUT2D eigenvalue weighted by Gasteiger charge is -2.17. The highest BCUT2D eigenvalue weighted by Crippen LogP contribution is 2.29. The molecule has 1 heterocycles. The van der Waals surface area contributed by atoms with E-state index in [0.717, 1.165) is 22.6 Å². The standard InChI is InChI=1S/C15H14F3NOS/c1-10-6-7-21-13(10)9-19(2)14(20)11-4-3-5-12(8-11)15(16,17)18/h3-8H,9H2,1-2H3. The normalized spacial score (nSPS) is 11.5. The van der Waals surface area contributed by atoms with E-state index in [9.17, 15) is 18.0 Å². The van der Waals surface area contributed by atoms with E-state index in [1.807, 2.05) is 18.4 Å². The molecule has 1 aromatic carbocycles. The van der Waals surface area contributed by atoms with Gasteiger partial charge < -0.3 is 4.90 Å². The molecule has 0 saturated carbocycles. The van der Waals surface area contributed by atoms with Crippen molar-refractivity contribution >= 4 is 17.2 Å². The Bertz CT molecular complexity index is 648. The Hall–Kier alpha value is -1.82. The van der Waals surface area contributed by atoms with E-state index in [-0.39, 0.29) is 5.56 Å². The van der Waals surface area contributed by atoms with Crippen molar-refractivity contribution in [3.8, 4) is 0 Å². The minimum absolute atomic E-state index is 0.0431. The van der Waals surface area contributed by atoms with Crippen molar-refractivity contribution in [2.24, 2.45) is 0 Å². The highest BCUT2D eigenvalue weighted by atomic mass is 32.1.